The Morgan fingerprint density at radius 3 is 2.77 bits per heavy atom. The Balaban J connectivity index is 2.21. The quantitative estimate of drug-likeness (QED) is 0.728. The van der Waals surface area contributed by atoms with Crippen molar-refractivity contribution in [1.29, 1.82) is 0 Å². The van der Waals surface area contributed by atoms with E-state index in [1.165, 1.54) is 23.1 Å². The molecule has 0 bridgehead atoms. The lowest BCUT2D eigenvalue weighted by Gasteiger charge is -2.06. The minimum absolute atomic E-state index is 0.757. The van der Waals surface area contributed by atoms with E-state index in [1.807, 2.05) is 0 Å². The van der Waals surface area contributed by atoms with E-state index < -0.39 is 0 Å². The van der Waals surface area contributed by atoms with Crippen molar-refractivity contribution < 1.29 is 0 Å². The lowest BCUT2D eigenvalue weighted by molar-refractivity contribution is 0.647. The van der Waals surface area contributed by atoms with Crippen LogP contribution in [0.3, 0.4) is 0 Å². The van der Waals surface area contributed by atoms with Crippen molar-refractivity contribution in [3.05, 3.63) is 34.9 Å². The normalized spacial score (nSPS) is 15.0. The molecule has 70 valence electrons. The van der Waals surface area contributed by atoms with Crippen LogP contribution in [0.15, 0.2) is 18.2 Å². The van der Waals surface area contributed by atoms with Crippen LogP contribution in [0.1, 0.15) is 30.5 Å². The third-order valence-electron chi connectivity index (χ3n) is 2.55. The van der Waals surface area contributed by atoms with E-state index in [0.717, 1.165) is 19.0 Å². The van der Waals surface area contributed by atoms with Gasteiger partial charge in [0, 0.05) is 13.1 Å². The second-order valence-electron chi connectivity index (χ2n) is 4.30. The average molecular weight is 175 g/mol. The van der Waals surface area contributed by atoms with Gasteiger partial charge in [-0.25, -0.2) is 0 Å². The standard InChI is InChI=1S/C12H17N/c1-9(2)5-10-3-4-11-7-13-8-12(11)6-10/h3-4,6,9,13H,5,7-8H2,1-2H3. The van der Waals surface area contributed by atoms with Crippen LogP contribution in [-0.2, 0) is 19.5 Å². The van der Waals surface area contributed by atoms with Crippen molar-refractivity contribution in [1.82, 2.24) is 5.32 Å². The van der Waals surface area contributed by atoms with Gasteiger partial charge in [-0.2, -0.15) is 0 Å². The summed E-state index contributed by atoms with van der Waals surface area (Å²) in [5.41, 5.74) is 4.46. The van der Waals surface area contributed by atoms with Crippen LogP contribution < -0.4 is 5.32 Å². The summed E-state index contributed by atoms with van der Waals surface area (Å²) >= 11 is 0. The number of fused-ring (bicyclic) bond motifs is 1. The minimum Gasteiger partial charge on any atom is -0.309 e. The number of nitrogens with one attached hydrogen (secondary N) is 1. The van der Waals surface area contributed by atoms with Gasteiger partial charge >= 0.3 is 0 Å². The van der Waals surface area contributed by atoms with Crippen molar-refractivity contribution in [3.63, 3.8) is 0 Å². The largest absolute Gasteiger partial charge is 0.309 e. The molecule has 0 saturated heterocycles. The summed E-state index contributed by atoms with van der Waals surface area (Å²) in [6, 6.07) is 6.90. The van der Waals surface area contributed by atoms with Crippen molar-refractivity contribution in [2.45, 2.75) is 33.4 Å². The zero-order valence-corrected chi connectivity index (χ0v) is 8.43. The summed E-state index contributed by atoms with van der Waals surface area (Å²) in [6.45, 7) is 6.65. The van der Waals surface area contributed by atoms with Gasteiger partial charge in [0.25, 0.3) is 0 Å². The van der Waals surface area contributed by atoms with Gasteiger partial charge in [0.2, 0.25) is 0 Å². The van der Waals surface area contributed by atoms with Crippen molar-refractivity contribution >= 4 is 0 Å². The molecule has 0 amide bonds. The molecular formula is C12H17N. The highest BCUT2D eigenvalue weighted by atomic mass is 14.9. The van der Waals surface area contributed by atoms with E-state index in [9.17, 15) is 0 Å². The first-order chi connectivity index (χ1) is 6.25. The maximum atomic E-state index is 3.37. The van der Waals surface area contributed by atoms with Gasteiger partial charge in [-0.3, -0.25) is 0 Å². The first-order valence-electron chi connectivity index (χ1n) is 5.07. The maximum absolute atomic E-state index is 3.37. The zero-order chi connectivity index (χ0) is 9.26. The second-order valence-corrected chi connectivity index (χ2v) is 4.30. The Bertz CT molecular complexity index is 302. The number of benzene rings is 1. The van der Waals surface area contributed by atoms with E-state index in [1.54, 1.807) is 0 Å². The van der Waals surface area contributed by atoms with Crippen LogP contribution in [0.5, 0.6) is 0 Å². The van der Waals surface area contributed by atoms with Crippen LogP contribution in [0.4, 0.5) is 0 Å². The summed E-state index contributed by atoms with van der Waals surface area (Å²) in [5.74, 6) is 0.757. The third-order valence-corrected chi connectivity index (χ3v) is 2.55. The van der Waals surface area contributed by atoms with Crippen LogP contribution >= 0.6 is 0 Å². The summed E-state index contributed by atoms with van der Waals surface area (Å²) in [4.78, 5) is 0. The van der Waals surface area contributed by atoms with Crippen LogP contribution in [0, 0.1) is 5.92 Å². The van der Waals surface area contributed by atoms with Gasteiger partial charge in [-0.15, -0.1) is 0 Å². The molecule has 1 heterocycles. The van der Waals surface area contributed by atoms with Gasteiger partial charge in [0.15, 0.2) is 0 Å². The number of rotatable bonds is 2. The Labute approximate surface area is 80.2 Å². The van der Waals surface area contributed by atoms with Gasteiger partial charge < -0.3 is 5.32 Å². The van der Waals surface area contributed by atoms with Gasteiger partial charge in [0.05, 0.1) is 0 Å². The van der Waals surface area contributed by atoms with Crippen LogP contribution in [-0.4, -0.2) is 0 Å². The van der Waals surface area contributed by atoms with Crippen molar-refractivity contribution in [3.8, 4) is 0 Å². The smallest absolute Gasteiger partial charge is 0.0212 e. The van der Waals surface area contributed by atoms with Gasteiger partial charge in [-0.1, -0.05) is 32.0 Å². The molecule has 1 nitrogen and oxygen atoms in total. The van der Waals surface area contributed by atoms with E-state index in [4.69, 9.17) is 0 Å². The van der Waals surface area contributed by atoms with Crippen molar-refractivity contribution in [2.75, 3.05) is 0 Å². The SMILES string of the molecule is CC(C)Cc1ccc2c(c1)CNC2. The first-order valence-corrected chi connectivity index (χ1v) is 5.07. The van der Waals surface area contributed by atoms with E-state index in [0.29, 0.717) is 0 Å². The van der Waals surface area contributed by atoms with Crippen LogP contribution in [0.2, 0.25) is 0 Å². The Morgan fingerprint density at radius 1 is 1.23 bits per heavy atom. The molecule has 1 N–H and O–H groups in total. The average Bonchev–Trinajstić information content (AvgIpc) is 2.49. The molecule has 1 aliphatic heterocycles. The molecule has 1 aromatic carbocycles. The highest BCUT2D eigenvalue weighted by Gasteiger charge is 2.09. The summed E-state index contributed by atoms with van der Waals surface area (Å²) in [6.07, 6.45) is 1.20. The molecule has 2 rings (SSSR count). The van der Waals surface area contributed by atoms with Crippen molar-refractivity contribution in [2.24, 2.45) is 5.92 Å². The molecule has 0 atom stereocenters. The molecule has 0 spiro atoms. The fourth-order valence-electron chi connectivity index (χ4n) is 1.95. The molecule has 1 aromatic rings. The molecule has 0 unspecified atom stereocenters. The fraction of sp³-hybridized carbons (Fsp3) is 0.500. The van der Waals surface area contributed by atoms with E-state index in [-0.39, 0.29) is 0 Å². The molecule has 0 radical (unpaired) electrons. The molecule has 0 saturated carbocycles. The Morgan fingerprint density at radius 2 is 2.00 bits per heavy atom. The molecule has 0 aliphatic carbocycles. The minimum atomic E-state index is 0.757. The topological polar surface area (TPSA) is 12.0 Å². The van der Waals surface area contributed by atoms with Crippen LogP contribution in [0.25, 0.3) is 0 Å². The number of hydrogen-bond donors (Lipinski definition) is 1. The molecular weight excluding hydrogens is 158 g/mol. The lowest BCUT2D eigenvalue weighted by Crippen LogP contribution is -2.00. The summed E-state index contributed by atoms with van der Waals surface area (Å²) < 4.78 is 0. The number of hydrogen-bond acceptors (Lipinski definition) is 1. The first kappa shape index (κ1) is 8.76. The predicted octanol–water partition coefficient (Wildman–Crippen LogP) is 2.49. The second kappa shape index (κ2) is 3.51. The van der Waals surface area contributed by atoms with Gasteiger partial charge in [0.1, 0.15) is 0 Å². The van der Waals surface area contributed by atoms with E-state index in [2.05, 4.69) is 37.4 Å². The van der Waals surface area contributed by atoms with E-state index >= 15 is 0 Å². The predicted molar refractivity (Wildman–Crippen MR) is 55.5 cm³/mol. The fourth-order valence-corrected chi connectivity index (χ4v) is 1.95. The third kappa shape index (κ3) is 1.92. The zero-order valence-electron chi connectivity index (χ0n) is 8.43. The Kier molecular flexibility index (Phi) is 2.36. The highest BCUT2D eigenvalue weighted by molar-refractivity contribution is 5.34. The lowest BCUT2D eigenvalue weighted by atomic mass is 9.99. The molecule has 0 fully saturated rings. The molecule has 1 heteroatoms. The molecule has 13 heavy (non-hydrogen) atoms. The molecule has 0 aromatic heterocycles. The maximum Gasteiger partial charge on any atom is 0.0212 e. The highest BCUT2D eigenvalue weighted by Crippen LogP contribution is 2.18. The van der Waals surface area contributed by atoms with Gasteiger partial charge in [-0.05, 0) is 29.0 Å². The monoisotopic (exact) mass is 175 g/mol. The summed E-state index contributed by atoms with van der Waals surface area (Å²) in [5, 5.41) is 3.37. The Hall–Kier alpha value is -0.820. The molecule has 1 aliphatic rings. The summed E-state index contributed by atoms with van der Waals surface area (Å²) in [7, 11) is 0.